The number of nitrogens with zero attached hydrogens (tertiary/aromatic N) is 3. The summed E-state index contributed by atoms with van der Waals surface area (Å²) in [5.41, 5.74) is 0.786. The van der Waals surface area contributed by atoms with Crippen LogP contribution < -0.4 is 5.56 Å². The Labute approximate surface area is 138 Å². The van der Waals surface area contributed by atoms with E-state index in [0.29, 0.717) is 5.91 Å². The highest BCUT2D eigenvalue weighted by molar-refractivity contribution is 7.13. The maximum atomic E-state index is 12.2. The van der Waals surface area contributed by atoms with Gasteiger partial charge in [0.2, 0.25) is 5.91 Å². The number of hydrogen-bond acceptors (Lipinski definition) is 4. The van der Waals surface area contributed by atoms with Crippen LogP contribution in [0.5, 0.6) is 0 Å². The first-order chi connectivity index (χ1) is 11.2. The standard InChI is InChI=1S/C17H19N3O2S/c21-16-6-5-14(15-2-1-11-23-15)18-20(16)13-7-9-19(10-8-13)17(22)12-3-4-12/h1-2,5-6,11-13H,3-4,7-10H2. The third-order valence-electron chi connectivity index (χ3n) is 4.65. The van der Waals surface area contributed by atoms with E-state index in [2.05, 4.69) is 5.10 Å². The van der Waals surface area contributed by atoms with Gasteiger partial charge >= 0.3 is 0 Å². The van der Waals surface area contributed by atoms with Crippen molar-refractivity contribution in [1.29, 1.82) is 0 Å². The van der Waals surface area contributed by atoms with Crippen LogP contribution in [0.3, 0.4) is 0 Å². The van der Waals surface area contributed by atoms with Gasteiger partial charge in [0.15, 0.2) is 0 Å². The van der Waals surface area contributed by atoms with Crippen molar-refractivity contribution in [3.8, 4) is 10.6 Å². The molecular weight excluding hydrogens is 310 g/mol. The molecule has 120 valence electrons. The van der Waals surface area contributed by atoms with Crippen molar-refractivity contribution < 1.29 is 4.79 Å². The van der Waals surface area contributed by atoms with Crippen molar-refractivity contribution in [3.63, 3.8) is 0 Å². The van der Waals surface area contributed by atoms with Gasteiger partial charge in [-0.05, 0) is 43.2 Å². The molecule has 1 saturated heterocycles. The lowest BCUT2D eigenvalue weighted by molar-refractivity contribution is -0.133. The lowest BCUT2D eigenvalue weighted by Gasteiger charge is -2.32. The van der Waals surface area contributed by atoms with Crippen molar-refractivity contribution in [2.45, 2.75) is 31.7 Å². The fourth-order valence-electron chi connectivity index (χ4n) is 3.16. The zero-order valence-corrected chi connectivity index (χ0v) is 13.7. The molecule has 1 amide bonds. The number of rotatable bonds is 3. The normalized spacial score (nSPS) is 19.0. The number of amides is 1. The number of hydrogen-bond donors (Lipinski definition) is 0. The fraction of sp³-hybridized carbons (Fsp3) is 0.471. The second-order valence-electron chi connectivity index (χ2n) is 6.31. The Morgan fingerprint density at radius 1 is 1.13 bits per heavy atom. The summed E-state index contributed by atoms with van der Waals surface area (Å²) in [6.07, 6.45) is 3.70. The summed E-state index contributed by atoms with van der Waals surface area (Å²) in [7, 11) is 0. The Morgan fingerprint density at radius 2 is 1.91 bits per heavy atom. The number of carbonyl (C=O) groups excluding carboxylic acids is 1. The lowest BCUT2D eigenvalue weighted by atomic mass is 10.0. The maximum Gasteiger partial charge on any atom is 0.267 e. The van der Waals surface area contributed by atoms with E-state index in [1.807, 2.05) is 22.4 Å². The zero-order chi connectivity index (χ0) is 15.8. The summed E-state index contributed by atoms with van der Waals surface area (Å²) in [5.74, 6) is 0.575. The smallest absolute Gasteiger partial charge is 0.267 e. The predicted molar refractivity (Wildman–Crippen MR) is 89.4 cm³/mol. The van der Waals surface area contributed by atoms with Gasteiger partial charge < -0.3 is 4.90 Å². The molecule has 2 aromatic heterocycles. The first kappa shape index (κ1) is 14.6. The maximum absolute atomic E-state index is 12.2. The van der Waals surface area contributed by atoms with Gasteiger partial charge in [-0.2, -0.15) is 5.10 Å². The highest BCUT2D eigenvalue weighted by Gasteiger charge is 2.35. The van der Waals surface area contributed by atoms with Gasteiger partial charge in [-0.1, -0.05) is 6.07 Å². The molecule has 0 unspecified atom stereocenters. The highest BCUT2D eigenvalue weighted by atomic mass is 32.1. The third kappa shape index (κ3) is 2.95. The van der Waals surface area contributed by atoms with Crippen LogP contribution in [0, 0.1) is 5.92 Å². The minimum atomic E-state index is -0.0581. The van der Waals surface area contributed by atoms with E-state index < -0.39 is 0 Å². The molecule has 0 aromatic carbocycles. The molecule has 0 spiro atoms. The van der Waals surface area contributed by atoms with E-state index in [1.165, 1.54) is 0 Å². The van der Waals surface area contributed by atoms with Crippen molar-refractivity contribution in [2.75, 3.05) is 13.1 Å². The number of carbonyl (C=O) groups is 1. The average Bonchev–Trinajstić information content (AvgIpc) is 3.29. The first-order valence-corrected chi connectivity index (χ1v) is 9.03. The Balaban J connectivity index is 1.51. The van der Waals surface area contributed by atoms with Crippen molar-refractivity contribution >= 4 is 17.2 Å². The molecule has 2 aliphatic rings. The van der Waals surface area contributed by atoms with Gasteiger partial charge in [-0.3, -0.25) is 9.59 Å². The quantitative estimate of drug-likeness (QED) is 0.869. The van der Waals surface area contributed by atoms with Crippen LogP contribution in [0.1, 0.15) is 31.7 Å². The van der Waals surface area contributed by atoms with Gasteiger partial charge in [0, 0.05) is 25.1 Å². The number of aromatic nitrogens is 2. The summed E-state index contributed by atoms with van der Waals surface area (Å²) in [5, 5.41) is 6.58. The summed E-state index contributed by atoms with van der Waals surface area (Å²) in [6, 6.07) is 7.48. The molecule has 0 bridgehead atoms. The fourth-order valence-corrected chi connectivity index (χ4v) is 3.85. The number of piperidine rings is 1. The molecular formula is C17H19N3O2S. The average molecular weight is 329 g/mol. The van der Waals surface area contributed by atoms with Crippen molar-refractivity contribution in [1.82, 2.24) is 14.7 Å². The minimum Gasteiger partial charge on any atom is -0.342 e. The molecule has 0 radical (unpaired) electrons. The largest absolute Gasteiger partial charge is 0.342 e. The molecule has 3 heterocycles. The summed E-state index contributed by atoms with van der Waals surface area (Å²) in [4.78, 5) is 27.4. The number of thiophene rings is 1. The molecule has 5 nitrogen and oxygen atoms in total. The van der Waals surface area contributed by atoms with E-state index in [4.69, 9.17) is 0 Å². The van der Waals surface area contributed by atoms with Gasteiger partial charge in [0.1, 0.15) is 5.69 Å². The van der Waals surface area contributed by atoms with E-state index in [-0.39, 0.29) is 17.5 Å². The van der Waals surface area contributed by atoms with Crippen LogP contribution in [-0.2, 0) is 4.79 Å². The molecule has 1 aliphatic carbocycles. The van der Waals surface area contributed by atoms with E-state index in [9.17, 15) is 9.59 Å². The predicted octanol–water partition coefficient (Wildman–Crippen LogP) is 2.55. The summed E-state index contributed by atoms with van der Waals surface area (Å²) in [6.45, 7) is 1.47. The Morgan fingerprint density at radius 3 is 2.57 bits per heavy atom. The molecule has 1 aliphatic heterocycles. The summed E-state index contributed by atoms with van der Waals surface area (Å²) >= 11 is 1.62. The molecule has 4 rings (SSSR count). The molecule has 2 aromatic rings. The Hall–Kier alpha value is -1.95. The monoisotopic (exact) mass is 329 g/mol. The van der Waals surface area contributed by atoms with Crippen LogP contribution >= 0.6 is 11.3 Å². The SMILES string of the molecule is O=C(C1CC1)N1CCC(n2nc(-c3cccs3)ccc2=O)CC1. The van der Waals surface area contributed by atoms with Gasteiger partial charge in [-0.25, -0.2) is 4.68 Å². The molecule has 23 heavy (non-hydrogen) atoms. The van der Waals surface area contributed by atoms with E-state index >= 15 is 0 Å². The van der Waals surface area contributed by atoms with Crippen LogP contribution in [0.4, 0.5) is 0 Å². The highest BCUT2D eigenvalue weighted by Crippen LogP contribution is 2.33. The number of likely N-dealkylation sites (tertiary alicyclic amines) is 1. The zero-order valence-electron chi connectivity index (χ0n) is 12.9. The van der Waals surface area contributed by atoms with Crippen LogP contribution in [0.15, 0.2) is 34.4 Å². The Bertz CT molecular complexity index is 756. The Kier molecular flexibility index (Phi) is 3.77. The van der Waals surface area contributed by atoms with Crippen LogP contribution in [0.2, 0.25) is 0 Å². The van der Waals surface area contributed by atoms with E-state index in [0.717, 1.165) is 49.3 Å². The minimum absolute atomic E-state index is 0.0581. The molecule has 2 fully saturated rings. The van der Waals surface area contributed by atoms with Crippen LogP contribution in [0.25, 0.3) is 10.6 Å². The van der Waals surface area contributed by atoms with Crippen molar-refractivity contribution in [3.05, 3.63) is 40.0 Å². The van der Waals surface area contributed by atoms with Gasteiger partial charge in [-0.15, -0.1) is 11.3 Å². The second kappa shape index (κ2) is 5.92. The summed E-state index contributed by atoms with van der Waals surface area (Å²) < 4.78 is 1.62. The molecule has 1 saturated carbocycles. The lowest BCUT2D eigenvalue weighted by Crippen LogP contribution is -2.42. The molecule has 0 N–H and O–H groups in total. The third-order valence-corrected chi connectivity index (χ3v) is 5.54. The van der Waals surface area contributed by atoms with Crippen LogP contribution in [-0.4, -0.2) is 33.7 Å². The second-order valence-corrected chi connectivity index (χ2v) is 7.26. The van der Waals surface area contributed by atoms with Gasteiger partial charge in [0.25, 0.3) is 5.56 Å². The molecule has 6 heteroatoms. The van der Waals surface area contributed by atoms with Crippen molar-refractivity contribution in [2.24, 2.45) is 5.92 Å². The van der Waals surface area contributed by atoms with Gasteiger partial charge in [0.05, 0.1) is 10.9 Å². The molecule has 0 atom stereocenters. The van der Waals surface area contributed by atoms with E-state index in [1.54, 1.807) is 28.2 Å². The topological polar surface area (TPSA) is 55.2 Å². The first-order valence-electron chi connectivity index (χ1n) is 8.15.